The number of hydrogen-bond donors (Lipinski definition) is 2. The zero-order valence-corrected chi connectivity index (χ0v) is 19.3. The van der Waals surface area contributed by atoms with E-state index in [1.54, 1.807) is 67.8 Å². The first kappa shape index (κ1) is 23.1. The molecule has 4 rings (SSSR count). The molecule has 1 aliphatic rings. The molecule has 0 atom stereocenters. The predicted octanol–water partition coefficient (Wildman–Crippen LogP) is 4.95. The highest BCUT2D eigenvalue weighted by molar-refractivity contribution is 6.53. The second-order valence-corrected chi connectivity index (χ2v) is 7.88. The molecular formula is C26H22ClN3O4. The van der Waals surface area contributed by atoms with Crippen molar-refractivity contribution in [3.63, 3.8) is 0 Å². The molecule has 0 radical (unpaired) electrons. The summed E-state index contributed by atoms with van der Waals surface area (Å²) in [7, 11) is 1.57. The average Bonchev–Trinajstić information content (AvgIpc) is 3.07. The minimum Gasteiger partial charge on any atom is -0.497 e. The second-order valence-electron chi connectivity index (χ2n) is 7.50. The van der Waals surface area contributed by atoms with Crippen LogP contribution >= 0.6 is 11.6 Å². The fourth-order valence-corrected chi connectivity index (χ4v) is 3.80. The number of anilines is 3. The van der Waals surface area contributed by atoms with Crippen LogP contribution in [0.3, 0.4) is 0 Å². The van der Waals surface area contributed by atoms with Crippen LogP contribution in [0.4, 0.5) is 17.1 Å². The highest BCUT2D eigenvalue weighted by atomic mass is 35.5. The summed E-state index contributed by atoms with van der Waals surface area (Å²) in [6, 6.07) is 20.7. The van der Waals surface area contributed by atoms with Gasteiger partial charge in [0.1, 0.15) is 16.5 Å². The maximum atomic E-state index is 13.1. The fraction of sp³-hybridized carbons (Fsp3) is 0.115. The van der Waals surface area contributed by atoms with Crippen LogP contribution in [0.15, 0.2) is 83.5 Å². The molecule has 0 spiro atoms. The van der Waals surface area contributed by atoms with Gasteiger partial charge in [0.2, 0.25) is 0 Å². The molecule has 1 aliphatic heterocycles. The average molecular weight is 476 g/mol. The predicted molar refractivity (Wildman–Crippen MR) is 132 cm³/mol. The van der Waals surface area contributed by atoms with Crippen molar-refractivity contribution in [2.75, 3.05) is 22.6 Å². The Labute approximate surface area is 202 Å². The number of hydrogen-bond acceptors (Lipinski definition) is 5. The number of methoxy groups -OCH3 is 1. The first-order valence-electron chi connectivity index (χ1n) is 10.6. The smallest absolute Gasteiger partial charge is 0.283 e. The van der Waals surface area contributed by atoms with Crippen molar-refractivity contribution in [1.29, 1.82) is 0 Å². The molecule has 3 aromatic carbocycles. The molecule has 0 saturated heterocycles. The standard InChI is InChI=1S/C26H22ClN3O4/c1-3-16-6-4-5-7-21(16)30-25(32)22(27)23(26(30)33)28-18-10-8-17(9-11-18)24(31)29-19-12-14-20(34-2)15-13-19/h4-15,28H,3H2,1-2H3,(H,29,31). The summed E-state index contributed by atoms with van der Waals surface area (Å²) in [6.07, 6.45) is 0.660. The molecule has 3 aromatic rings. The van der Waals surface area contributed by atoms with E-state index in [0.717, 1.165) is 10.5 Å². The Morgan fingerprint density at radius 2 is 1.56 bits per heavy atom. The molecule has 0 bridgehead atoms. The highest BCUT2D eigenvalue weighted by Gasteiger charge is 2.39. The minimum atomic E-state index is -0.578. The SMILES string of the molecule is CCc1ccccc1N1C(=O)C(Cl)=C(Nc2ccc(C(=O)Nc3ccc(OC)cc3)cc2)C1=O. The molecular weight excluding hydrogens is 454 g/mol. The third kappa shape index (κ3) is 4.51. The third-order valence-corrected chi connectivity index (χ3v) is 5.76. The van der Waals surface area contributed by atoms with Crippen molar-refractivity contribution in [3.8, 4) is 5.75 Å². The van der Waals surface area contributed by atoms with Crippen LogP contribution in [-0.4, -0.2) is 24.8 Å². The lowest BCUT2D eigenvalue weighted by molar-refractivity contribution is -0.120. The lowest BCUT2D eigenvalue weighted by Crippen LogP contribution is -2.33. The molecule has 1 heterocycles. The molecule has 34 heavy (non-hydrogen) atoms. The first-order chi connectivity index (χ1) is 16.4. The van der Waals surface area contributed by atoms with Crippen LogP contribution in [0, 0.1) is 0 Å². The summed E-state index contributed by atoms with van der Waals surface area (Å²) in [6.45, 7) is 1.95. The number of nitrogens with one attached hydrogen (secondary N) is 2. The van der Waals surface area contributed by atoms with Crippen LogP contribution in [-0.2, 0) is 16.0 Å². The minimum absolute atomic E-state index is 0.00647. The lowest BCUT2D eigenvalue weighted by atomic mass is 10.1. The van der Waals surface area contributed by atoms with Gasteiger partial charge in [-0.3, -0.25) is 14.4 Å². The van der Waals surface area contributed by atoms with E-state index in [-0.39, 0.29) is 16.6 Å². The zero-order valence-electron chi connectivity index (χ0n) is 18.6. The molecule has 0 saturated carbocycles. The van der Waals surface area contributed by atoms with Gasteiger partial charge in [-0.2, -0.15) is 0 Å². The number of halogens is 1. The van der Waals surface area contributed by atoms with Gasteiger partial charge in [0.15, 0.2) is 0 Å². The maximum Gasteiger partial charge on any atom is 0.283 e. The van der Waals surface area contributed by atoms with Crippen molar-refractivity contribution < 1.29 is 19.1 Å². The van der Waals surface area contributed by atoms with E-state index in [2.05, 4.69) is 10.6 Å². The lowest BCUT2D eigenvalue weighted by Gasteiger charge is -2.18. The molecule has 0 fully saturated rings. The van der Waals surface area contributed by atoms with Gasteiger partial charge in [0, 0.05) is 16.9 Å². The van der Waals surface area contributed by atoms with Gasteiger partial charge in [0.05, 0.1) is 12.8 Å². The molecule has 8 heteroatoms. The van der Waals surface area contributed by atoms with Crippen molar-refractivity contribution in [1.82, 2.24) is 0 Å². The van der Waals surface area contributed by atoms with Crippen molar-refractivity contribution in [2.45, 2.75) is 13.3 Å². The summed E-state index contributed by atoms with van der Waals surface area (Å²) >= 11 is 6.24. The number of carbonyl (C=O) groups is 3. The van der Waals surface area contributed by atoms with Gasteiger partial charge in [0.25, 0.3) is 17.7 Å². The number of aryl methyl sites for hydroxylation is 1. The van der Waals surface area contributed by atoms with Crippen LogP contribution in [0.1, 0.15) is 22.8 Å². The number of benzene rings is 3. The number of imide groups is 1. The zero-order chi connectivity index (χ0) is 24.2. The fourth-order valence-electron chi connectivity index (χ4n) is 3.58. The molecule has 0 aliphatic carbocycles. The maximum absolute atomic E-state index is 13.1. The molecule has 7 nitrogen and oxygen atoms in total. The quantitative estimate of drug-likeness (QED) is 0.472. The van der Waals surface area contributed by atoms with Gasteiger partial charge in [-0.25, -0.2) is 4.90 Å². The van der Waals surface area contributed by atoms with E-state index in [0.29, 0.717) is 34.8 Å². The molecule has 0 unspecified atom stereocenters. The number of nitrogens with zero attached hydrogens (tertiary/aromatic N) is 1. The monoisotopic (exact) mass is 475 g/mol. The van der Waals surface area contributed by atoms with E-state index in [9.17, 15) is 14.4 Å². The van der Waals surface area contributed by atoms with Gasteiger partial charge in [-0.05, 0) is 66.6 Å². The molecule has 0 aromatic heterocycles. The van der Waals surface area contributed by atoms with E-state index < -0.39 is 11.8 Å². The number of para-hydroxylation sites is 1. The van der Waals surface area contributed by atoms with Crippen molar-refractivity contribution in [3.05, 3.63) is 94.7 Å². The Kier molecular flexibility index (Phi) is 6.65. The highest BCUT2D eigenvalue weighted by Crippen LogP contribution is 2.32. The molecule has 2 N–H and O–H groups in total. The largest absolute Gasteiger partial charge is 0.497 e. The van der Waals surface area contributed by atoms with E-state index in [4.69, 9.17) is 16.3 Å². The Morgan fingerprint density at radius 1 is 0.912 bits per heavy atom. The Balaban J connectivity index is 1.47. The number of carbonyl (C=O) groups excluding carboxylic acids is 3. The van der Waals surface area contributed by atoms with E-state index in [1.165, 1.54) is 0 Å². The van der Waals surface area contributed by atoms with Gasteiger partial charge in [-0.1, -0.05) is 36.7 Å². The first-order valence-corrected chi connectivity index (χ1v) is 11.0. The van der Waals surface area contributed by atoms with Crippen molar-refractivity contribution >= 4 is 46.4 Å². The Bertz CT molecular complexity index is 1280. The van der Waals surface area contributed by atoms with Gasteiger partial charge >= 0.3 is 0 Å². The van der Waals surface area contributed by atoms with Gasteiger partial charge in [-0.15, -0.1) is 0 Å². The topological polar surface area (TPSA) is 87.7 Å². The normalized spacial score (nSPS) is 13.3. The summed E-state index contributed by atoms with van der Waals surface area (Å²) in [5.74, 6) is -0.704. The van der Waals surface area contributed by atoms with Crippen LogP contribution in [0.25, 0.3) is 0 Å². The number of rotatable bonds is 7. The molecule has 3 amide bonds. The number of ether oxygens (including phenoxy) is 1. The summed E-state index contributed by atoms with van der Waals surface area (Å²) in [5.41, 5.74) is 2.94. The Hall–Kier alpha value is -4.10. The van der Waals surface area contributed by atoms with Crippen LogP contribution < -0.4 is 20.3 Å². The van der Waals surface area contributed by atoms with Crippen LogP contribution in [0.5, 0.6) is 5.75 Å². The van der Waals surface area contributed by atoms with E-state index in [1.807, 2.05) is 19.1 Å². The summed E-state index contributed by atoms with van der Waals surface area (Å²) < 4.78 is 5.11. The van der Waals surface area contributed by atoms with E-state index >= 15 is 0 Å². The Morgan fingerprint density at radius 3 is 2.21 bits per heavy atom. The molecule has 172 valence electrons. The summed E-state index contributed by atoms with van der Waals surface area (Å²) in [5, 5.41) is 5.55. The third-order valence-electron chi connectivity index (χ3n) is 5.41. The van der Waals surface area contributed by atoms with Gasteiger partial charge < -0.3 is 15.4 Å². The second kappa shape index (κ2) is 9.80. The summed E-state index contributed by atoms with van der Waals surface area (Å²) in [4.78, 5) is 39.4. The van der Waals surface area contributed by atoms with Crippen molar-refractivity contribution in [2.24, 2.45) is 0 Å². The number of amides is 3. The van der Waals surface area contributed by atoms with Crippen LogP contribution in [0.2, 0.25) is 0 Å².